The second-order valence-electron chi connectivity index (χ2n) is 6.29. The maximum Gasteiger partial charge on any atom is 0.245 e. The van der Waals surface area contributed by atoms with Gasteiger partial charge in [0.25, 0.3) is 0 Å². The average Bonchev–Trinajstić information content (AvgIpc) is 2.92. The number of hydrogen-bond donors (Lipinski definition) is 1. The summed E-state index contributed by atoms with van der Waals surface area (Å²) in [6, 6.07) is 5.26. The molecule has 8 nitrogen and oxygen atoms in total. The van der Waals surface area contributed by atoms with Crippen LogP contribution in [0.1, 0.15) is 11.6 Å². The van der Waals surface area contributed by atoms with Crippen LogP contribution >= 0.6 is 0 Å². The van der Waals surface area contributed by atoms with Crippen LogP contribution in [-0.4, -0.2) is 57.2 Å². The van der Waals surface area contributed by atoms with Gasteiger partial charge in [-0.2, -0.15) is 5.10 Å². The predicted molar refractivity (Wildman–Crippen MR) is 92.8 cm³/mol. The van der Waals surface area contributed by atoms with Crippen LogP contribution in [0.4, 0.5) is 10.1 Å². The zero-order valence-corrected chi connectivity index (χ0v) is 14.7. The van der Waals surface area contributed by atoms with Crippen molar-refractivity contribution >= 4 is 17.5 Å². The SMILES string of the molecule is Cc1nc(C)n(CC(=O)N2CCN(c3ccc(F)cc3)CC2C(N)=O)n1. The lowest BCUT2D eigenvalue weighted by molar-refractivity contribution is -0.140. The molecule has 0 spiro atoms. The van der Waals surface area contributed by atoms with E-state index in [1.54, 1.807) is 26.0 Å². The molecule has 9 heteroatoms. The van der Waals surface area contributed by atoms with E-state index in [0.29, 0.717) is 24.7 Å². The molecule has 3 rings (SSSR count). The summed E-state index contributed by atoms with van der Waals surface area (Å²) in [5.41, 5.74) is 6.32. The molecule has 2 heterocycles. The van der Waals surface area contributed by atoms with Gasteiger partial charge in [0.05, 0.1) is 0 Å². The molecule has 1 unspecified atom stereocenters. The van der Waals surface area contributed by atoms with E-state index in [1.165, 1.54) is 21.7 Å². The number of anilines is 1. The van der Waals surface area contributed by atoms with Gasteiger partial charge in [-0.3, -0.25) is 9.59 Å². The van der Waals surface area contributed by atoms with Crippen molar-refractivity contribution in [2.24, 2.45) is 5.73 Å². The van der Waals surface area contributed by atoms with Gasteiger partial charge in [0.1, 0.15) is 30.1 Å². The number of piperazine rings is 1. The van der Waals surface area contributed by atoms with E-state index in [9.17, 15) is 14.0 Å². The van der Waals surface area contributed by atoms with Crippen molar-refractivity contribution in [3.05, 3.63) is 41.7 Å². The molecule has 1 aliphatic rings. The van der Waals surface area contributed by atoms with Crippen molar-refractivity contribution in [3.63, 3.8) is 0 Å². The Kier molecular flexibility index (Phi) is 4.88. The molecule has 26 heavy (non-hydrogen) atoms. The fourth-order valence-corrected chi connectivity index (χ4v) is 3.14. The highest BCUT2D eigenvalue weighted by Crippen LogP contribution is 2.20. The van der Waals surface area contributed by atoms with Crippen LogP contribution in [0.3, 0.4) is 0 Å². The number of primary amides is 1. The Morgan fingerprint density at radius 3 is 2.50 bits per heavy atom. The quantitative estimate of drug-likeness (QED) is 0.842. The zero-order chi connectivity index (χ0) is 18.8. The first-order valence-electron chi connectivity index (χ1n) is 8.32. The summed E-state index contributed by atoms with van der Waals surface area (Å²) in [6.07, 6.45) is 0. The molecule has 2 amide bonds. The van der Waals surface area contributed by atoms with Gasteiger partial charge in [0.15, 0.2) is 0 Å². The molecule has 1 fully saturated rings. The van der Waals surface area contributed by atoms with E-state index in [2.05, 4.69) is 10.1 Å². The molecular weight excluding hydrogens is 339 g/mol. The second kappa shape index (κ2) is 7.11. The first kappa shape index (κ1) is 17.8. The number of aryl methyl sites for hydroxylation is 2. The largest absolute Gasteiger partial charge is 0.368 e. The smallest absolute Gasteiger partial charge is 0.245 e. The third-order valence-corrected chi connectivity index (χ3v) is 4.47. The number of rotatable bonds is 4. The van der Waals surface area contributed by atoms with Gasteiger partial charge in [0, 0.05) is 25.3 Å². The van der Waals surface area contributed by atoms with Gasteiger partial charge < -0.3 is 15.5 Å². The van der Waals surface area contributed by atoms with Crippen LogP contribution in [0.5, 0.6) is 0 Å². The molecule has 1 saturated heterocycles. The van der Waals surface area contributed by atoms with Gasteiger partial charge in [-0.05, 0) is 38.1 Å². The Bertz CT molecular complexity index is 819. The summed E-state index contributed by atoms with van der Waals surface area (Å²) in [7, 11) is 0. The normalized spacial score (nSPS) is 17.4. The van der Waals surface area contributed by atoms with Gasteiger partial charge in [-0.15, -0.1) is 0 Å². The molecule has 2 N–H and O–H groups in total. The number of nitrogens with zero attached hydrogens (tertiary/aromatic N) is 5. The van der Waals surface area contributed by atoms with Crippen LogP contribution in [0.25, 0.3) is 0 Å². The van der Waals surface area contributed by atoms with Crippen molar-refractivity contribution in [2.75, 3.05) is 24.5 Å². The van der Waals surface area contributed by atoms with Gasteiger partial charge in [-0.1, -0.05) is 0 Å². The predicted octanol–water partition coefficient (Wildman–Crippen LogP) is 0.237. The van der Waals surface area contributed by atoms with E-state index < -0.39 is 11.9 Å². The fourth-order valence-electron chi connectivity index (χ4n) is 3.14. The lowest BCUT2D eigenvalue weighted by Crippen LogP contribution is -2.60. The van der Waals surface area contributed by atoms with Crippen molar-refractivity contribution in [1.29, 1.82) is 0 Å². The minimum Gasteiger partial charge on any atom is -0.368 e. The molecule has 1 atom stereocenters. The summed E-state index contributed by atoms with van der Waals surface area (Å²) in [5.74, 6) is 0.0871. The standard InChI is InChI=1S/C17H21FN6O2/c1-11-20-12(2)24(21-11)10-16(25)23-8-7-22(9-15(23)17(19)26)14-5-3-13(18)4-6-14/h3-6,15H,7-10H2,1-2H3,(H2,19,26). The van der Waals surface area contributed by atoms with E-state index >= 15 is 0 Å². The molecule has 138 valence electrons. The molecule has 0 bridgehead atoms. The number of hydrogen-bond acceptors (Lipinski definition) is 5. The Labute approximate surface area is 150 Å². The summed E-state index contributed by atoms with van der Waals surface area (Å²) in [5, 5.41) is 4.18. The lowest BCUT2D eigenvalue weighted by atomic mass is 10.1. The number of carbonyl (C=O) groups is 2. The molecule has 0 saturated carbocycles. The number of aromatic nitrogens is 3. The van der Waals surface area contributed by atoms with Crippen molar-refractivity contribution < 1.29 is 14.0 Å². The number of amides is 2. The van der Waals surface area contributed by atoms with Gasteiger partial charge in [-0.25, -0.2) is 14.1 Å². The molecule has 1 aromatic carbocycles. The maximum absolute atomic E-state index is 13.1. The molecule has 0 aliphatic carbocycles. The van der Waals surface area contributed by atoms with Crippen LogP contribution in [0, 0.1) is 19.7 Å². The van der Waals surface area contributed by atoms with Crippen LogP contribution < -0.4 is 10.6 Å². The highest BCUT2D eigenvalue weighted by atomic mass is 19.1. The Morgan fingerprint density at radius 1 is 1.23 bits per heavy atom. The van der Waals surface area contributed by atoms with Gasteiger partial charge >= 0.3 is 0 Å². The van der Waals surface area contributed by atoms with E-state index in [4.69, 9.17) is 5.73 Å². The van der Waals surface area contributed by atoms with Crippen molar-refractivity contribution in [2.45, 2.75) is 26.4 Å². The Balaban J connectivity index is 1.74. The van der Waals surface area contributed by atoms with E-state index in [0.717, 1.165) is 5.69 Å². The number of carbonyl (C=O) groups excluding carboxylic acids is 2. The molecule has 2 aromatic rings. The minimum absolute atomic E-state index is 0.00695. The number of halogens is 1. The second-order valence-corrected chi connectivity index (χ2v) is 6.29. The Morgan fingerprint density at radius 2 is 1.92 bits per heavy atom. The van der Waals surface area contributed by atoms with Crippen molar-refractivity contribution in [1.82, 2.24) is 19.7 Å². The van der Waals surface area contributed by atoms with Crippen LogP contribution in [0.2, 0.25) is 0 Å². The molecule has 1 aliphatic heterocycles. The van der Waals surface area contributed by atoms with Crippen LogP contribution in [0.15, 0.2) is 24.3 Å². The monoisotopic (exact) mass is 360 g/mol. The lowest BCUT2D eigenvalue weighted by Gasteiger charge is -2.41. The maximum atomic E-state index is 13.1. The zero-order valence-electron chi connectivity index (χ0n) is 14.7. The molecule has 0 radical (unpaired) electrons. The van der Waals surface area contributed by atoms with E-state index in [-0.39, 0.29) is 24.8 Å². The average molecular weight is 360 g/mol. The van der Waals surface area contributed by atoms with E-state index in [1.807, 2.05) is 4.90 Å². The van der Waals surface area contributed by atoms with Crippen LogP contribution in [-0.2, 0) is 16.1 Å². The molecule has 1 aromatic heterocycles. The Hall–Kier alpha value is -2.97. The third-order valence-electron chi connectivity index (χ3n) is 4.47. The summed E-state index contributed by atoms with van der Waals surface area (Å²) in [4.78, 5) is 32.2. The third kappa shape index (κ3) is 3.66. The summed E-state index contributed by atoms with van der Waals surface area (Å²) in [6.45, 7) is 4.66. The minimum atomic E-state index is -0.758. The number of benzene rings is 1. The highest BCUT2D eigenvalue weighted by molar-refractivity contribution is 5.87. The molecular formula is C17H21FN6O2. The topological polar surface area (TPSA) is 97.4 Å². The fraction of sp³-hybridized carbons (Fsp3) is 0.412. The summed E-state index contributed by atoms with van der Waals surface area (Å²) >= 11 is 0. The first-order valence-corrected chi connectivity index (χ1v) is 8.32. The number of nitrogens with two attached hydrogens (primary N) is 1. The van der Waals surface area contributed by atoms with Gasteiger partial charge in [0.2, 0.25) is 11.8 Å². The summed E-state index contributed by atoms with van der Waals surface area (Å²) < 4.78 is 14.6. The highest BCUT2D eigenvalue weighted by Gasteiger charge is 2.34. The van der Waals surface area contributed by atoms with Crippen molar-refractivity contribution in [3.8, 4) is 0 Å². The first-order chi connectivity index (χ1) is 12.3.